The summed E-state index contributed by atoms with van der Waals surface area (Å²) in [5.74, 6) is 3.94. The van der Waals surface area contributed by atoms with Crippen LogP contribution in [0.15, 0.2) is 0 Å². The van der Waals surface area contributed by atoms with Crippen LogP contribution in [-0.4, -0.2) is 57.5 Å². The number of carbonyl (C=O) groups is 2. The lowest BCUT2D eigenvalue weighted by atomic mass is 10.5. The van der Waals surface area contributed by atoms with Crippen LogP contribution in [0.5, 0.6) is 0 Å². The zero-order valence-corrected chi connectivity index (χ0v) is 11.0. The van der Waals surface area contributed by atoms with Crippen LogP contribution in [0.4, 0.5) is 4.79 Å². The first-order valence-corrected chi connectivity index (χ1v) is 5.65. The molecule has 0 aromatic rings. The maximum Gasteiger partial charge on any atom is 0.410 e. The summed E-state index contributed by atoms with van der Waals surface area (Å²) in [4.78, 5) is 23.3. The van der Waals surface area contributed by atoms with E-state index in [2.05, 4.69) is 11.8 Å². The predicted molar refractivity (Wildman–Crippen MR) is 64.9 cm³/mol. The largest absolute Gasteiger partial charge is 0.454 e. The van der Waals surface area contributed by atoms with Gasteiger partial charge in [0.1, 0.15) is 6.61 Å². The Morgan fingerprint density at radius 1 is 1.11 bits per heavy atom. The molecule has 0 bridgehead atoms. The third-order valence-electron chi connectivity index (χ3n) is 1.63. The predicted octanol–water partition coefficient (Wildman–Crippen LogP) is 0.658. The minimum atomic E-state index is -0.656. The zero-order valence-electron chi connectivity index (χ0n) is 11.0. The van der Waals surface area contributed by atoms with Crippen molar-refractivity contribution in [3.05, 3.63) is 0 Å². The van der Waals surface area contributed by atoms with Gasteiger partial charge in [0.2, 0.25) is 0 Å². The van der Waals surface area contributed by atoms with E-state index in [4.69, 9.17) is 14.2 Å². The number of rotatable bonds is 6. The summed E-state index contributed by atoms with van der Waals surface area (Å²) >= 11 is 0. The van der Waals surface area contributed by atoms with E-state index >= 15 is 0 Å². The Labute approximate surface area is 107 Å². The number of esters is 1. The second-order valence-electron chi connectivity index (χ2n) is 3.50. The fraction of sp³-hybridized carbons (Fsp3) is 0.667. The maximum absolute atomic E-state index is 11.1. The van der Waals surface area contributed by atoms with Crippen molar-refractivity contribution in [1.29, 1.82) is 0 Å². The van der Waals surface area contributed by atoms with Crippen molar-refractivity contribution in [2.24, 2.45) is 0 Å². The van der Waals surface area contributed by atoms with Crippen LogP contribution >= 0.6 is 0 Å². The molecule has 18 heavy (non-hydrogen) atoms. The Balaban J connectivity index is 3.60. The molecular formula is C12H19NO5. The first-order valence-electron chi connectivity index (χ1n) is 5.65. The van der Waals surface area contributed by atoms with Crippen molar-refractivity contribution in [2.45, 2.75) is 13.3 Å². The normalized spacial score (nSPS) is 9.06. The van der Waals surface area contributed by atoms with E-state index in [-0.39, 0.29) is 13.2 Å². The van der Waals surface area contributed by atoms with E-state index < -0.39 is 12.1 Å². The first-order chi connectivity index (χ1) is 8.57. The Kier molecular flexibility index (Phi) is 9.41. The van der Waals surface area contributed by atoms with Gasteiger partial charge >= 0.3 is 12.1 Å². The average molecular weight is 257 g/mol. The average Bonchev–Trinajstić information content (AvgIpc) is 2.34. The standard InChI is InChI=1S/C12H19NO5/c1-4-7-16-9-10-17-11(14)6-5-8-18-12(15)13(2)3/h4,7-10H2,1-3H3. The quantitative estimate of drug-likeness (QED) is 0.303. The molecule has 1 amide bonds. The van der Waals surface area contributed by atoms with Crippen molar-refractivity contribution in [1.82, 2.24) is 4.90 Å². The number of ether oxygens (including phenoxy) is 3. The molecule has 6 nitrogen and oxygen atoms in total. The van der Waals surface area contributed by atoms with Gasteiger partial charge in [-0.25, -0.2) is 9.59 Å². The van der Waals surface area contributed by atoms with Crippen LogP contribution in [0.2, 0.25) is 0 Å². The lowest BCUT2D eigenvalue weighted by molar-refractivity contribution is -0.138. The molecule has 0 unspecified atom stereocenters. The Morgan fingerprint density at radius 3 is 2.44 bits per heavy atom. The van der Waals surface area contributed by atoms with E-state index in [0.29, 0.717) is 13.2 Å². The molecule has 0 aromatic heterocycles. The minimum Gasteiger partial charge on any atom is -0.454 e. The van der Waals surface area contributed by atoms with E-state index in [1.54, 1.807) is 14.1 Å². The molecule has 0 fully saturated rings. The number of amides is 1. The summed E-state index contributed by atoms with van der Waals surface area (Å²) in [6.07, 6.45) is 0.413. The van der Waals surface area contributed by atoms with Crippen LogP contribution in [0.3, 0.4) is 0 Å². The van der Waals surface area contributed by atoms with Crippen molar-refractivity contribution >= 4 is 12.1 Å². The van der Waals surface area contributed by atoms with Crippen LogP contribution in [-0.2, 0) is 19.0 Å². The van der Waals surface area contributed by atoms with Gasteiger partial charge < -0.3 is 19.1 Å². The molecule has 0 aliphatic carbocycles. The SMILES string of the molecule is CCCOCCOC(=O)C#CCOC(=O)N(C)C. The van der Waals surface area contributed by atoms with Crippen molar-refractivity contribution < 1.29 is 23.8 Å². The van der Waals surface area contributed by atoms with Crippen LogP contribution < -0.4 is 0 Å². The molecule has 0 aromatic carbocycles. The van der Waals surface area contributed by atoms with Gasteiger partial charge in [0, 0.05) is 26.6 Å². The number of nitrogens with zero attached hydrogens (tertiary/aromatic N) is 1. The highest BCUT2D eigenvalue weighted by Crippen LogP contribution is 1.85. The second kappa shape index (κ2) is 10.4. The van der Waals surface area contributed by atoms with Gasteiger partial charge in [0.05, 0.1) is 6.61 Å². The van der Waals surface area contributed by atoms with Crippen molar-refractivity contribution in [2.75, 3.05) is 40.5 Å². The lowest BCUT2D eigenvalue weighted by Crippen LogP contribution is -2.22. The van der Waals surface area contributed by atoms with E-state index in [1.165, 1.54) is 4.90 Å². The first kappa shape index (κ1) is 16.3. The lowest BCUT2D eigenvalue weighted by Gasteiger charge is -2.07. The van der Waals surface area contributed by atoms with Gasteiger partial charge in [-0.2, -0.15) is 0 Å². The van der Waals surface area contributed by atoms with Gasteiger partial charge in [0.15, 0.2) is 6.61 Å². The van der Waals surface area contributed by atoms with E-state index in [0.717, 1.165) is 6.42 Å². The highest BCUT2D eigenvalue weighted by molar-refractivity contribution is 5.88. The van der Waals surface area contributed by atoms with Crippen LogP contribution in [0.1, 0.15) is 13.3 Å². The van der Waals surface area contributed by atoms with Crippen molar-refractivity contribution in [3.63, 3.8) is 0 Å². The third-order valence-corrected chi connectivity index (χ3v) is 1.63. The van der Waals surface area contributed by atoms with E-state index in [1.807, 2.05) is 6.92 Å². The highest BCUT2D eigenvalue weighted by Gasteiger charge is 2.02. The summed E-state index contributed by atoms with van der Waals surface area (Å²) < 4.78 is 14.6. The molecule has 0 spiro atoms. The Morgan fingerprint density at radius 2 is 1.83 bits per heavy atom. The molecule has 0 N–H and O–H groups in total. The fourth-order valence-electron chi connectivity index (χ4n) is 0.811. The molecule has 0 rings (SSSR count). The summed E-state index contributed by atoms with van der Waals surface area (Å²) in [6.45, 7) is 3.02. The molecular weight excluding hydrogens is 238 g/mol. The maximum atomic E-state index is 11.1. The molecule has 0 saturated carbocycles. The molecule has 0 heterocycles. The van der Waals surface area contributed by atoms with Gasteiger partial charge in [-0.15, -0.1) is 0 Å². The molecule has 0 radical (unpaired) electrons. The van der Waals surface area contributed by atoms with Gasteiger partial charge in [-0.1, -0.05) is 6.92 Å². The van der Waals surface area contributed by atoms with Crippen molar-refractivity contribution in [3.8, 4) is 11.8 Å². The smallest absolute Gasteiger partial charge is 0.410 e. The topological polar surface area (TPSA) is 65.1 Å². The third kappa shape index (κ3) is 9.48. The van der Waals surface area contributed by atoms with E-state index in [9.17, 15) is 9.59 Å². The second-order valence-corrected chi connectivity index (χ2v) is 3.50. The van der Waals surface area contributed by atoms with Gasteiger partial charge in [0.25, 0.3) is 0 Å². The molecule has 6 heteroatoms. The highest BCUT2D eigenvalue weighted by atomic mass is 16.6. The van der Waals surface area contributed by atoms with Gasteiger partial charge in [-0.05, 0) is 12.3 Å². The molecule has 102 valence electrons. The van der Waals surface area contributed by atoms with Gasteiger partial charge in [-0.3, -0.25) is 0 Å². The minimum absolute atomic E-state index is 0.140. The zero-order chi connectivity index (χ0) is 13.8. The molecule has 0 saturated heterocycles. The number of hydrogen-bond donors (Lipinski definition) is 0. The van der Waals surface area contributed by atoms with Crippen LogP contribution in [0.25, 0.3) is 0 Å². The summed E-state index contributed by atoms with van der Waals surface area (Å²) in [5.41, 5.74) is 0. The molecule has 0 aliphatic heterocycles. The summed E-state index contributed by atoms with van der Waals surface area (Å²) in [7, 11) is 3.11. The van der Waals surface area contributed by atoms with Crippen LogP contribution in [0, 0.1) is 11.8 Å². The Hall–Kier alpha value is -1.74. The number of hydrogen-bond acceptors (Lipinski definition) is 5. The molecule has 0 atom stereocenters. The summed E-state index contributed by atoms with van der Waals surface area (Å²) in [5, 5.41) is 0. The monoisotopic (exact) mass is 257 g/mol. The Bertz CT molecular complexity index is 316. The summed E-state index contributed by atoms with van der Waals surface area (Å²) in [6, 6.07) is 0. The number of carbonyl (C=O) groups excluding carboxylic acids is 2. The fourth-order valence-corrected chi connectivity index (χ4v) is 0.811. The molecule has 0 aliphatic rings.